The summed E-state index contributed by atoms with van der Waals surface area (Å²) in [6.07, 6.45) is 6.49. The number of carbonyl (C=O) groups is 2. The van der Waals surface area contributed by atoms with Crippen molar-refractivity contribution >= 4 is 34.1 Å². The Labute approximate surface area is 206 Å². The van der Waals surface area contributed by atoms with Crippen LogP contribution in [0.1, 0.15) is 51.0 Å². The molecule has 0 bridgehead atoms. The number of aliphatic imine (C=N–C) groups is 1. The number of nitrogens with zero attached hydrogens (tertiary/aromatic N) is 3. The number of carbonyl (C=O) groups excluding carboxylic acids is 2. The first-order valence-corrected chi connectivity index (χ1v) is 12.5. The Hall–Kier alpha value is -3.26. The fourth-order valence-corrected chi connectivity index (χ4v) is 4.55. The van der Waals surface area contributed by atoms with Crippen molar-refractivity contribution < 1.29 is 14.3 Å². The van der Waals surface area contributed by atoms with Crippen molar-refractivity contribution in [3.8, 4) is 5.88 Å². The summed E-state index contributed by atoms with van der Waals surface area (Å²) in [4.78, 5) is 35.9. The normalized spacial score (nSPS) is 16.8. The number of benzene rings is 1. The van der Waals surface area contributed by atoms with Crippen LogP contribution in [0.15, 0.2) is 36.5 Å². The molecule has 4 rings (SSSR count). The summed E-state index contributed by atoms with van der Waals surface area (Å²) >= 11 is 0. The van der Waals surface area contributed by atoms with E-state index in [0.29, 0.717) is 24.5 Å². The Morgan fingerprint density at radius 3 is 2.80 bits per heavy atom. The minimum absolute atomic E-state index is 0.0175. The van der Waals surface area contributed by atoms with Gasteiger partial charge in [0.1, 0.15) is 11.8 Å². The number of hydrogen-bond acceptors (Lipinski definition) is 7. The van der Waals surface area contributed by atoms with E-state index in [1.165, 1.54) is 0 Å². The molecule has 1 aromatic carbocycles. The monoisotopic (exact) mass is 477 g/mol. The third-order valence-corrected chi connectivity index (χ3v) is 6.69. The fraction of sp³-hybridized carbons (Fsp3) is 0.481. The number of pyridine rings is 1. The number of aromatic nitrogens is 1. The highest BCUT2D eigenvalue weighted by atomic mass is 16.5. The van der Waals surface area contributed by atoms with Gasteiger partial charge < -0.3 is 15.0 Å². The van der Waals surface area contributed by atoms with Crippen molar-refractivity contribution in [1.82, 2.24) is 25.5 Å². The van der Waals surface area contributed by atoms with Crippen LogP contribution in [0, 0.1) is 5.92 Å². The minimum atomic E-state index is -0.219. The van der Waals surface area contributed by atoms with Crippen molar-refractivity contribution in [3.63, 3.8) is 0 Å². The Balaban J connectivity index is 1.43. The van der Waals surface area contributed by atoms with Gasteiger partial charge in [0.15, 0.2) is 11.9 Å². The predicted molar refractivity (Wildman–Crippen MR) is 138 cm³/mol. The summed E-state index contributed by atoms with van der Waals surface area (Å²) in [6, 6.07) is 9.73. The van der Waals surface area contributed by atoms with E-state index in [-0.39, 0.29) is 17.9 Å². The number of fused-ring (bicyclic) bond motifs is 1. The van der Waals surface area contributed by atoms with Crippen molar-refractivity contribution in [2.45, 2.75) is 51.5 Å². The SMILES string of the molecule is CCC(=O)CCCCC[C@H](NC(=O)C1CN(C)C1)C1=[N+]C=C(c2cc3ccccc3nc2OC)N1. The van der Waals surface area contributed by atoms with E-state index < -0.39 is 0 Å². The van der Waals surface area contributed by atoms with Crippen molar-refractivity contribution in [2.75, 3.05) is 27.2 Å². The standard InChI is InChI=1S/C27H35N5O3/c1-4-20(33)11-6-5-7-13-23(30-26(34)19-16-32(2)17-19)25-28-15-24(29-25)21-14-18-10-8-9-12-22(18)31-27(21)35-3/h8-10,12,14-15,19,23,29H,4-7,11,13,16-17H2,1-3H3,(H,30,34)/q+1/t23-/m0/s1. The van der Waals surface area contributed by atoms with E-state index in [2.05, 4.69) is 25.5 Å². The van der Waals surface area contributed by atoms with Gasteiger partial charge in [-0.3, -0.25) is 9.59 Å². The van der Waals surface area contributed by atoms with Gasteiger partial charge in [-0.25, -0.2) is 10.3 Å². The first-order chi connectivity index (χ1) is 17.0. The molecular formula is C27H35N5O3+. The lowest BCUT2D eigenvalue weighted by Gasteiger charge is -2.35. The molecule has 0 saturated carbocycles. The number of hydrogen-bond donors (Lipinski definition) is 2. The van der Waals surface area contributed by atoms with E-state index >= 15 is 0 Å². The van der Waals surface area contributed by atoms with Gasteiger partial charge in [0.2, 0.25) is 11.8 Å². The summed E-state index contributed by atoms with van der Waals surface area (Å²) in [5, 5.41) is 7.65. The lowest BCUT2D eigenvalue weighted by molar-refractivity contribution is -0.130. The van der Waals surface area contributed by atoms with Gasteiger partial charge in [-0.05, 0) is 37.0 Å². The van der Waals surface area contributed by atoms with Crippen LogP contribution in [0.4, 0.5) is 0 Å². The van der Waals surface area contributed by atoms with Gasteiger partial charge in [0.25, 0.3) is 0 Å². The largest absolute Gasteiger partial charge is 0.480 e. The summed E-state index contributed by atoms with van der Waals surface area (Å²) in [7, 11) is 3.63. The van der Waals surface area contributed by atoms with Gasteiger partial charge in [-0.15, -0.1) is 0 Å². The van der Waals surface area contributed by atoms with Crippen LogP contribution in [-0.4, -0.2) is 60.7 Å². The van der Waals surface area contributed by atoms with Crippen LogP contribution in [0.25, 0.3) is 16.6 Å². The highest BCUT2D eigenvalue weighted by Gasteiger charge is 2.36. The second kappa shape index (κ2) is 11.4. The number of amidine groups is 1. The predicted octanol–water partition coefficient (Wildman–Crippen LogP) is 2.86. The summed E-state index contributed by atoms with van der Waals surface area (Å²) in [5.41, 5.74) is 2.49. The number of unbranched alkanes of at least 4 members (excludes halogenated alkanes) is 2. The molecule has 2 aliphatic rings. The zero-order valence-electron chi connectivity index (χ0n) is 20.8. The fourth-order valence-electron chi connectivity index (χ4n) is 4.55. The Bertz CT molecular complexity index is 1140. The van der Waals surface area contributed by atoms with Crippen LogP contribution in [0.3, 0.4) is 0 Å². The highest BCUT2D eigenvalue weighted by molar-refractivity contribution is 6.00. The van der Waals surface area contributed by atoms with Crippen molar-refractivity contribution in [3.05, 3.63) is 42.1 Å². The molecule has 1 amide bonds. The summed E-state index contributed by atoms with van der Waals surface area (Å²) < 4.78 is 5.57. The molecule has 2 aliphatic heterocycles. The zero-order valence-corrected chi connectivity index (χ0v) is 20.8. The molecule has 1 atom stereocenters. The number of methoxy groups -OCH3 is 1. The Morgan fingerprint density at radius 1 is 1.26 bits per heavy atom. The summed E-state index contributed by atoms with van der Waals surface area (Å²) in [5.74, 6) is 1.64. The van der Waals surface area contributed by atoms with Gasteiger partial charge >= 0.3 is 5.84 Å². The Kier molecular flexibility index (Phi) is 8.13. The van der Waals surface area contributed by atoms with E-state index in [4.69, 9.17) is 4.74 Å². The van der Waals surface area contributed by atoms with Gasteiger partial charge in [-0.2, -0.15) is 0 Å². The molecule has 1 saturated heterocycles. The number of ketones is 1. The lowest BCUT2D eigenvalue weighted by Crippen LogP contribution is -2.55. The minimum Gasteiger partial charge on any atom is -0.480 e. The van der Waals surface area contributed by atoms with E-state index in [1.807, 2.05) is 44.3 Å². The molecule has 0 aliphatic carbocycles. The lowest BCUT2D eigenvalue weighted by atomic mass is 9.98. The quantitative estimate of drug-likeness (QED) is 0.456. The van der Waals surface area contributed by atoms with E-state index in [1.54, 1.807) is 13.3 Å². The van der Waals surface area contributed by atoms with Crippen molar-refractivity contribution in [2.24, 2.45) is 5.92 Å². The highest BCUT2D eigenvalue weighted by Crippen LogP contribution is 2.28. The maximum Gasteiger partial charge on any atom is 0.319 e. The number of ether oxygens (including phenoxy) is 1. The average Bonchev–Trinajstić information content (AvgIpc) is 3.34. The second-order valence-electron chi connectivity index (χ2n) is 9.39. The average molecular weight is 478 g/mol. The molecular weight excluding hydrogens is 442 g/mol. The topological polar surface area (TPSA) is 97.7 Å². The third-order valence-electron chi connectivity index (χ3n) is 6.69. The molecule has 3 heterocycles. The molecule has 8 nitrogen and oxygen atoms in total. The molecule has 8 heteroatoms. The molecule has 185 valence electrons. The molecule has 2 aromatic rings. The van der Waals surface area contributed by atoms with Crippen LogP contribution in [-0.2, 0) is 9.59 Å². The number of likely N-dealkylation sites (tertiary alicyclic amines) is 1. The number of Topliss-reactive ketones (excluding diaryl/α,β-unsaturated/α-hetero) is 1. The maximum absolute atomic E-state index is 12.8. The van der Waals surface area contributed by atoms with Gasteiger partial charge in [0, 0.05) is 31.3 Å². The molecule has 1 fully saturated rings. The van der Waals surface area contributed by atoms with Gasteiger partial charge in [0.05, 0.1) is 24.1 Å². The molecule has 1 radical (unpaired) electrons. The molecule has 2 N–H and O–H groups in total. The second-order valence-corrected chi connectivity index (χ2v) is 9.39. The number of rotatable bonds is 12. The first-order valence-electron chi connectivity index (χ1n) is 12.5. The maximum atomic E-state index is 12.8. The first kappa shape index (κ1) is 24.9. The smallest absolute Gasteiger partial charge is 0.319 e. The van der Waals surface area contributed by atoms with Crippen LogP contribution >= 0.6 is 0 Å². The number of para-hydroxylation sites is 1. The number of amides is 1. The molecule has 1 aromatic heterocycles. The van der Waals surface area contributed by atoms with E-state index in [9.17, 15) is 9.59 Å². The van der Waals surface area contributed by atoms with Crippen LogP contribution < -0.4 is 20.4 Å². The third kappa shape index (κ3) is 6.06. The molecule has 35 heavy (non-hydrogen) atoms. The summed E-state index contributed by atoms with van der Waals surface area (Å²) in [6.45, 7) is 3.46. The Morgan fingerprint density at radius 2 is 2.06 bits per heavy atom. The van der Waals surface area contributed by atoms with Crippen LogP contribution in [0.5, 0.6) is 5.88 Å². The van der Waals surface area contributed by atoms with Crippen molar-refractivity contribution in [1.29, 1.82) is 0 Å². The zero-order chi connectivity index (χ0) is 24.8. The number of nitrogens with one attached hydrogen (secondary N) is 2. The van der Waals surface area contributed by atoms with Crippen LogP contribution in [0.2, 0.25) is 0 Å². The molecule has 0 unspecified atom stereocenters. The molecule has 0 spiro atoms. The van der Waals surface area contributed by atoms with E-state index in [0.717, 1.165) is 66.8 Å². The van der Waals surface area contributed by atoms with Gasteiger partial charge in [-0.1, -0.05) is 38.0 Å².